The molecule has 1 aliphatic rings. The van der Waals surface area contributed by atoms with E-state index in [1.165, 1.54) is 32.1 Å². The molecule has 0 aromatic heterocycles. The van der Waals surface area contributed by atoms with Crippen LogP contribution in [0.2, 0.25) is 0 Å². The third-order valence-corrected chi connectivity index (χ3v) is 3.68. The van der Waals surface area contributed by atoms with E-state index in [4.69, 9.17) is 4.74 Å². The maximum absolute atomic E-state index is 14.3. The Morgan fingerprint density at radius 1 is 1.14 bits per heavy atom. The van der Waals surface area contributed by atoms with Crippen LogP contribution in [-0.2, 0) is 6.54 Å². The van der Waals surface area contributed by atoms with Crippen molar-refractivity contribution in [2.24, 2.45) is 0 Å². The van der Waals surface area contributed by atoms with E-state index in [1.54, 1.807) is 18.2 Å². The van der Waals surface area contributed by atoms with Gasteiger partial charge in [0.1, 0.15) is 5.82 Å². The van der Waals surface area contributed by atoms with Crippen molar-refractivity contribution in [2.45, 2.75) is 25.4 Å². The minimum atomic E-state index is -0.539. The van der Waals surface area contributed by atoms with Crippen LogP contribution in [0.25, 0.3) is 11.1 Å². The van der Waals surface area contributed by atoms with Crippen molar-refractivity contribution in [3.8, 4) is 16.9 Å². The standard InChI is InChI=1S/C17H17F2NO/c1-21-16-4-2-3-14(17(16)19)13-8-5-11(9-15(13)18)10-20-12-6-7-12/h2-5,8-9,12,20H,6-7,10H2,1H3. The number of ether oxygens (including phenoxy) is 1. The summed E-state index contributed by atoms with van der Waals surface area (Å²) in [5.41, 5.74) is 1.33. The zero-order valence-corrected chi connectivity index (χ0v) is 11.8. The molecule has 2 nitrogen and oxygen atoms in total. The summed E-state index contributed by atoms with van der Waals surface area (Å²) in [6.07, 6.45) is 2.38. The Labute approximate surface area is 122 Å². The Hall–Kier alpha value is -1.94. The van der Waals surface area contributed by atoms with Crippen LogP contribution >= 0.6 is 0 Å². The number of hydrogen-bond donors (Lipinski definition) is 1. The fourth-order valence-electron chi connectivity index (χ4n) is 2.31. The molecule has 0 spiro atoms. The van der Waals surface area contributed by atoms with Crippen LogP contribution in [0.4, 0.5) is 8.78 Å². The molecule has 4 heteroatoms. The van der Waals surface area contributed by atoms with Gasteiger partial charge < -0.3 is 10.1 Å². The Morgan fingerprint density at radius 2 is 1.95 bits per heavy atom. The van der Waals surface area contributed by atoms with Crippen molar-refractivity contribution < 1.29 is 13.5 Å². The van der Waals surface area contributed by atoms with Gasteiger partial charge in [-0.2, -0.15) is 0 Å². The molecule has 2 aromatic rings. The number of methoxy groups -OCH3 is 1. The second-order valence-corrected chi connectivity index (χ2v) is 5.29. The molecule has 2 aromatic carbocycles. The molecule has 0 bridgehead atoms. The van der Waals surface area contributed by atoms with Crippen molar-refractivity contribution in [3.63, 3.8) is 0 Å². The second-order valence-electron chi connectivity index (χ2n) is 5.29. The lowest BCUT2D eigenvalue weighted by atomic mass is 10.0. The zero-order valence-electron chi connectivity index (χ0n) is 11.8. The first kappa shape index (κ1) is 14.0. The van der Waals surface area contributed by atoms with Gasteiger partial charge in [0.15, 0.2) is 11.6 Å². The largest absolute Gasteiger partial charge is 0.494 e. The Balaban J connectivity index is 1.88. The van der Waals surface area contributed by atoms with E-state index in [0.717, 1.165) is 5.56 Å². The molecule has 0 amide bonds. The van der Waals surface area contributed by atoms with Crippen molar-refractivity contribution >= 4 is 0 Å². The quantitative estimate of drug-likeness (QED) is 0.901. The molecule has 0 saturated heterocycles. The fourth-order valence-corrected chi connectivity index (χ4v) is 2.31. The Morgan fingerprint density at radius 3 is 2.62 bits per heavy atom. The summed E-state index contributed by atoms with van der Waals surface area (Å²) in [5.74, 6) is -0.841. The van der Waals surface area contributed by atoms with E-state index in [1.807, 2.05) is 6.07 Å². The highest BCUT2D eigenvalue weighted by molar-refractivity contribution is 5.67. The highest BCUT2D eigenvalue weighted by Gasteiger charge is 2.20. The molecule has 0 atom stereocenters. The first-order valence-electron chi connectivity index (χ1n) is 7.03. The SMILES string of the molecule is COc1cccc(-c2ccc(CNC3CC3)cc2F)c1F. The van der Waals surface area contributed by atoms with Crippen LogP contribution in [0.1, 0.15) is 18.4 Å². The van der Waals surface area contributed by atoms with Crippen molar-refractivity contribution in [3.05, 3.63) is 53.6 Å². The number of hydrogen-bond acceptors (Lipinski definition) is 2. The third-order valence-electron chi connectivity index (χ3n) is 3.68. The third kappa shape index (κ3) is 3.05. The van der Waals surface area contributed by atoms with Gasteiger partial charge in [0.05, 0.1) is 7.11 Å². The van der Waals surface area contributed by atoms with Crippen LogP contribution in [0.3, 0.4) is 0 Å². The molecule has 0 radical (unpaired) electrons. The van der Waals surface area contributed by atoms with E-state index in [0.29, 0.717) is 12.6 Å². The van der Waals surface area contributed by atoms with Crippen LogP contribution in [-0.4, -0.2) is 13.2 Å². The van der Waals surface area contributed by atoms with Crippen LogP contribution in [0, 0.1) is 11.6 Å². The van der Waals surface area contributed by atoms with E-state index in [-0.39, 0.29) is 16.9 Å². The van der Waals surface area contributed by atoms with Gasteiger partial charge in [-0.05, 0) is 30.5 Å². The van der Waals surface area contributed by atoms with E-state index in [9.17, 15) is 8.78 Å². The van der Waals surface area contributed by atoms with Crippen molar-refractivity contribution in [2.75, 3.05) is 7.11 Å². The number of nitrogens with one attached hydrogen (secondary N) is 1. The highest BCUT2D eigenvalue weighted by Crippen LogP contribution is 2.31. The van der Waals surface area contributed by atoms with Crippen LogP contribution in [0.15, 0.2) is 36.4 Å². The summed E-state index contributed by atoms with van der Waals surface area (Å²) < 4.78 is 33.4. The lowest BCUT2D eigenvalue weighted by Crippen LogP contribution is -2.15. The smallest absolute Gasteiger partial charge is 0.172 e. The van der Waals surface area contributed by atoms with Crippen LogP contribution < -0.4 is 10.1 Å². The first-order chi connectivity index (χ1) is 10.2. The monoisotopic (exact) mass is 289 g/mol. The minimum absolute atomic E-state index is 0.117. The summed E-state index contributed by atoms with van der Waals surface area (Å²) >= 11 is 0. The Bertz CT molecular complexity index is 653. The average Bonchev–Trinajstić information content (AvgIpc) is 3.30. The lowest BCUT2D eigenvalue weighted by molar-refractivity contribution is 0.387. The zero-order chi connectivity index (χ0) is 14.8. The molecular formula is C17H17F2NO. The molecule has 0 heterocycles. The van der Waals surface area contributed by atoms with Crippen molar-refractivity contribution in [1.82, 2.24) is 5.32 Å². The van der Waals surface area contributed by atoms with Gasteiger partial charge in [0, 0.05) is 23.7 Å². The molecule has 110 valence electrons. The summed E-state index contributed by atoms with van der Waals surface area (Å²) in [5, 5.41) is 3.33. The summed E-state index contributed by atoms with van der Waals surface area (Å²) in [6.45, 7) is 0.641. The topological polar surface area (TPSA) is 21.3 Å². The van der Waals surface area contributed by atoms with Gasteiger partial charge in [-0.3, -0.25) is 0 Å². The highest BCUT2D eigenvalue weighted by atomic mass is 19.1. The van der Waals surface area contributed by atoms with Gasteiger partial charge in [-0.15, -0.1) is 0 Å². The Kier molecular flexibility index (Phi) is 3.88. The average molecular weight is 289 g/mol. The summed E-state index contributed by atoms with van der Waals surface area (Å²) in [6, 6.07) is 10.2. The molecule has 0 unspecified atom stereocenters. The summed E-state index contributed by atoms with van der Waals surface area (Å²) in [7, 11) is 1.39. The maximum Gasteiger partial charge on any atom is 0.172 e. The predicted octanol–water partition coefficient (Wildman–Crippen LogP) is 3.89. The second kappa shape index (κ2) is 5.82. The molecule has 3 rings (SSSR count). The lowest BCUT2D eigenvalue weighted by Gasteiger charge is -2.10. The molecule has 1 N–H and O–H groups in total. The van der Waals surface area contributed by atoms with Gasteiger partial charge in [-0.25, -0.2) is 8.78 Å². The van der Waals surface area contributed by atoms with E-state index in [2.05, 4.69) is 5.32 Å². The fraction of sp³-hybridized carbons (Fsp3) is 0.294. The minimum Gasteiger partial charge on any atom is -0.494 e. The van der Waals surface area contributed by atoms with Crippen molar-refractivity contribution in [1.29, 1.82) is 0 Å². The molecular weight excluding hydrogens is 272 g/mol. The molecule has 21 heavy (non-hydrogen) atoms. The maximum atomic E-state index is 14.3. The number of benzene rings is 2. The first-order valence-corrected chi connectivity index (χ1v) is 7.03. The molecule has 0 aliphatic heterocycles. The van der Waals surface area contributed by atoms with Gasteiger partial charge in [-0.1, -0.05) is 24.3 Å². The van der Waals surface area contributed by atoms with Gasteiger partial charge in [0.2, 0.25) is 0 Å². The number of rotatable bonds is 5. The molecule has 1 aliphatic carbocycles. The van der Waals surface area contributed by atoms with E-state index < -0.39 is 11.6 Å². The predicted molar refractivity (Wildman–Crippen MR) is 78.2 cm³/mol. The van der Waals surface area contributed by atoms with Gasteiger partial charge in [0.25, 0.3) is 0 Å². The molecule has 1 saturated carbocycles. The summed E-state index contributed by atoms with van der Waals surface area (Å²) in [4.78, 5) is 0. The van der Waals surface area contributed by atoms with E-state index >= 15 is 0 Å². The number of halogens is 2. The van der Waals surface area contributed by atoms with Crippen LogP contribution in [0.5, 0.6) is 5.75 Å². The molecule has 1 fully saturated rings. The normalized spacial score (nSPS) is 14.2. The van der Waals surface area contributed by atoms with Gasteiger partial charge >= 0.3 is 0 Å².